The van der Waals surface area contributed by atoms with Crippen molar-refractivity contribution in [2.24, 2.45) is 11.8 Å². The fourth-order valence-corrected chi connectivity index (χ4v) is 4.69. The van der Waals surface area contributed by atoms with Crippen molar-refractivity contribution < 1.29 is 0 Å². The second-order valence-electron chi connectivity index (χ2n) is 7.27. The first kappa shape index (κ1) is 22.7. The first-order chi connectivity index (χ1) is 12.6. The lowest BCUT2D eigenvalue weighted by Gasteiger charge is -2.18. The molecule has 0 amide bonds. The summed E-state index contributed by atoms with van der Waals surface area (Å²) in [5.41, 5.74) is 6.78. The molecule has 0 heteroatoms. The van der Waals surface area contributed by atoms with Crippen molar-refractivity contribution in [3.05, 3.63) is 46.5 Å². The highest BCUT2D eigenvalue weighted by Crippen LogP contribution is 2.51. The van der Waals surface area contributed by atoms with Gasteiger partial charge in [0.1, 0.15) is 0 Å². The molecule has 146 valence electrons. The molecule has 0 radical (unpaired) electrons. The topological polar surface area (TPSA) is 0 Å². The standard InChI is InChI=1S/C20H24.3C2H6/c1-11-9-17-15-7-5-6-8-16(15)19-13(3)12(2)10-18(19)20(17)14(11)4;3*1-2/h5-8,11-14H,9-10H2,1-4H3;3*1-2H3/t11-,12-,13-,14-;;;/m1.../s1. The van der Waals surface area contributed by atoms with Gasteiger partial charge in [-0.2, -0.15) is 0 Å². The van der Waals surface area contributed by atoms with Crippen molar-refractivity contribution in [2.75, 3.05) is 0 Å². The largest absolute Gasteiger partial charge is 0.0683 e. The summed E-state index contributed by atoms with van der Waals surface area (Å²) in [6.07, 6.45) is 2.56. The van der Waals surface area contributed by atoms with Crippen LogP contribution in [-0.2, 0) is 12.8 Å². The zero-order valence-electron chi connectivity index (χ0n) is 19.0. The van der Waals surface area contributed by atoms with Gasteiger partial charge in [-0.1, -0.05) is 93.5 Å². The van der Waals surface area contributed by atoms with Crippen molar-refractivity contribution in [1.82, 2.24) is 0 Å². The quantitative estimate of drug-likeness (QED) is 0.444. The van der Waals surface area contributed by atoms with E-state index in [9.17, 15) is 0 Å². The summed E-state index contributed by atoms with van der Waals surface area (Å²) in [4.78, 5) is 0. The smallest absolute Gasteiger partial charge is 0.0143 e. The molecule has 0 nitrogen and oxygen atoms in total. The van der Waals surface area contributed by atoms with Crippen LogP contribution >= 0.6 is 0 Å². The molecule has 0 spiro atoms. The van der Waals surface area contributed by atoms with E-state index in [1.54, 1.807) is 33.0 Å². The zero-order chi connectivity index (χ0) is 20.0. The zero-order valence-corrected chi connectivity index (χ0v) is 19.0. The number of hydrogen-bond donors (Lipinski definition) is 0. The molecule has 0 aromatic heterocycles. The normalized spacial score (nSPS) is 25.0. The summed E-state index contributed by atoms with van der Waals surface area (Å²) >= 11 is 0. The molecule has 0 bridgehead atoms. The lowest BCUT2D eigenvalue weighted by atomic mass is 9.86. The molecule has 0 heterocycles. The summed E-state index contributed by atoms with van der Waals surface area (Å²) in [6.45, 7) is 21.7. The first-order valence-corrected chi connectivity index (χ1v) is 11.2. The minimum absolute atomic E-state index is 0.711. The van der Waals surface area contributed by atoms with E-state index < -0.39 is 0 Å². The Morgan fingerprint density at radius 3 is 1.54 bits per heavy atom. The second kappa shape index (κ2) is 10.1. The van der Waals surface area contributed by atoms with Gasteiger partial charge in [0.2, 0.25) is 0 Å². The first-order valence-electron chi connectivity index (χ1n) is 11.2. The number of rotatable bonds is 0. The maximum absolute atomic E-state index is 2.44. The molecule has 0 fully saturated rings. The summed E-state index contributed by atoms with van der Waals surface area (Å²) in [6, 6.07) is 9.14. The molecule has 26 heavy (non-hydrogen) atoms. The average Bonchev–Trinajstić information content (AvgIpc) is 3.17. The van der Waals surface area contributed by atoms with Crippen LogP contribution in [0.1, 0.15) is 103 Å². The summed E-state index contributed by atoms with van der Waals surface area (Å²) < 4.78 is 0. The predicted molar refractivity (Wildman–Crippen MR) is 121 cm³/mol. The summed E-state index contributed by atoms with van der Waals surface area (Å²) in [7, 11) is 0. The van der Waals surface area contributed by atoms with Gasteiger partial charge < -0.3 is 0 Å². The van der Waals surface area contributed by atoms with E-state index in [0.717, 1.165) is 17.8 Å². The van der Waals surface area contributed by atoms with Crippen LogP contribution in [0.5, 0.6) is 0 Å². The van der Waals surface area contributed by atoms with Crippen LogP contribution < -0.4 is 0 Å². The monoisotopic (exact) mass is 354 g/mol. The Hall–Kier alpha value is -1.30. The van der Waals surface area contributed by atoms with E-state index >= 15 is 0 Å². The van der Waals surface area contributed by atoms with Gasteiger partial charge in [-0.05, 0) is 69.5 Å². The van der Waals surface area contributed by atoms with Crippen molar-refractivity contribution >= 4 is 10.8 Å². The van der Waals surface area contributed by atoms with Crippen molar-refractivity contribution in [1.29, 1.82) is 0 Å². The summed E-state index contributed by atoms with van der Waals surface area (Å²) in [5.74, 6) is 3.04. The van der Waals surface area contributed by atoms with Gasteiger partial charge in [0.05, 0.1) is 0 Å². The Bertz CT molecular complexity index is 695. The van der Waals surface area contributed by atoms with Gasteiger partial charge in [-0.3, -0.25) is 0 Å². The average molecular weight is 355 g/mol. The highest BCUT2D eigenvalue weighted by molar-refractivity contribution is 5.93. The third-order valence-electron chi connectivity index (χ3n) is 6.19. The molecule has 0 N–H and O–H groups in total. The van der Waals surface area contributed by atoms with Crippen LogP contribution in [0.2, 0.25) is 0 Å². The molecule has 0 unspecified atom stereocenters. The number of hydrogen-bond acceptors (Lipinski definition) is 0. The highest BCUT2D eigenvalue weighted by Gasteiger charge is 2.37. The Balaban J connectivity index is 0.000000515. The van der Waals surface area contributed by atoms with E-state index in [2.05, 4.69) is 52.0 Å². The predicted octanol–water partition coefficient (Wildman–Crippen LogP) is 8.51. The lowest BCUT2D eigenvalue weighted by Crippen LogP contribution is -2.01. The van der Waals surface area contributed by atoms with Crippen molar-refractivity contribution in [3.63, 3.8) is 0 Å². The molecule has 0 saturated heterocycles. The Kier molecular flexibility index (Phi) is 8.87. The van der Waals surface area contributed by atoms with Gasteiger partial charge in [0.15, 0.2) is 0 Å². The van der Waals surface area contributed by atoms with Gasteiger partial charge in [-0.25, -0.2) is 0 Å². The van der Waals surface area contributed by atoms with E-state index in [1.165, 1.54) is 12.8 Å². The van der Waals surface area contributed by atoms with Crippen LogP contribution in [0.25, 0.3) is 10.8 Å². The molecular weight excluding hydrogens is 312 g/mol. The fourth-order valence-electron chi connectivity index (χ4n) is 4.69. The molecule has 4 rings (SSSR count). The Morgan fingerprint density at radius 2 is 1.00 bits per heavy atom. The molecular formula is C26H42. The van der Waals surface area contributed by atoms with E-state index in [-0.39, 0.29) is 0 Å². The second-order valence-corrected chi connectivity index (χ2v) is 7.27. The van der Waals surface area contributed by atoms with Crippen LogP contribution in [0, 0.1) is 11.8 Å². The van der Waals surface area contributed by atoms with Crippen LogP contribution in [0.15, 0.2) is 24.3 Å². The van der Waals surface area contributed by atoms with Gasteiger partial charge in [0, 0.05) is 0 Å². The fraction of sp³-hybridized carbons (Fsp3) is 0.615. The van der Waals surface area contributed by atoms with Crippen molar-refractivity contribution in [3.8, 4) is 0 Å². The Labute approximate surface area is 163 Å². The van der Waals surface area contributed by atoms with Crippen LogP contribution in [0.4, 0.5) is 0 Å². The SMILES string of the molecule is CC.CC.CC.C[C@@H]1Cc2c(c3c(c4ccccc24)[C@H](C)[C@H](C)C3)[C@@H]1C. The third-order valence-corrected chi connectivity index (χ3v) is 6.19. The van der Waals surface area contributed by atoms with E-state index in [0.29, 0.717) is 5.92 Å². The van der Waals surface area contributed by atoms with E-state index in [4.69, 9.17) is 0 Å². The maximum Gasteiger partial charge on any atom is -0.0143 e. The minimum atomic E-state index is 0.711. The van der Waals surface area contributed by atoms with Crippen LogP contribution in [0.3, 0.4) is 0 Å². The van der Waals surface area contributed by atoms with Gasteiger partial charge in [0.25, 0.3) is 0 Å². The molecule has 2 aromatic carbocycles. The number of fused-ring (bicyclic) bond motifs is 6. The molecule has 0 saturated carbocycles. The van der Waals surface area contributed by atoms with Gasteiger partial charge >= 0.3 is 0 Å². The lowest BCUT2D eigenvalue weighted by molar-refractivity contribution is 0.521. The Morgan fingerprint density at radius 1 is 0.577 bits per heavy atom. The molecule has 4 atom stereocenters. The molecule has 2 aliphatic carbocycles. The van der Waals surface area contributed by atoms with Crippen LogP contribution in [-0.4, -0.2) is 0 Å². The molecule has 2 aromatic rings. The third kappa shape index (κ3) is 3.71. The highest BCUT2D eigenvalue weighted by atomic mass is 14.4. The maximum atomic E-state index is 2.44. The van der Waals surface area contributed by atoms with Gasteiger partial charge in [-0.15, -0.1) is 0 Å². The molecule has 0 aliphatic heterocycles. The number of benzene rings is 2. The van der Waals surface area contributed by atoms with Crippen molar-refractivity contribution in [2.45, 2.75) is 93.9 Å². The molecule has 2 aliphatic rings. The summed E-state index contributed by atoms with van der Waals surface area (Å²) in [5, 5.41) is 3.08. The minimum Gasteiger partial charge on any atom is -0.0683 e. The van der Waals surface area contributed by atoms with E-state index in [1.807, 2.05) is 41.5 Å².